The van der Waals surface area contributed by atoms with Crippen LogP contribution in [0.1, 0.15) is 54.8 Å². The largest absolute Gasteiger partial charge is 0.240 e. The molecule has 0 spiro atoms. The Bertz CT molecular complexity index is 1380. The number of allylic oxidation sites excluding steroid dienone is 1. The van der Waals surface area contributed by atoms with Gasteiger partial charge in [-0.15, -0.1) is 11.3 Å². The summed E-state index contributed by atoms with van der Waals surface area (Å²) in [6, 6.07) is 20.9. The van der Waals surface area contributed by atoms with Crippen LogP contribution in [0.3, 0.4) is 0 Å². The highest BCUT2D eigenvalue weighted by atomic mass is 32.1. The lowest BCUT2D eigenvalue weighted by Gasteiger charge is -2.56. The summed E-state index contributed by atoms with van der Waals surface area (Å²) in [5.74, 6) is 2.51. The fourth-order valence-electron chi connectivity index (χ4n) is 7.30. The Labute approximate surface area is 203 Å². The fraction of sp³-hybridized carbons (Fsp3) is 0.345. The Morgan fingerprint density at radius 1 is 0.971 bits per heavy atom. The molecule has 8 rings (SSSR count). The molecule has 2 aromatic heterocycles. The van der Waals surface area contributed by atoms with E-state index in [0.717, 1.165) is 44.2 Å². The van der Waals surface area contributed by atoms with Crippen LogP contribution in [0.5, 0.6) is 0 Å². The van der Waals surface area contributed by atoms with Crippen molar-refractivity contribution >= 4 is 33.2 Å². The predicted octanol–water partition coefficient (Wildman–Crippen LogP) is 7.01. The zero-order valence-corrected chi connectivity index (χ0v) is 19.8. The molecule has 4 aromatic rings. The monoisotopic (exact) mass is 462 g/mol. The molecule has 4 aliphatic rings. The topological polar surface area (TPSA) is 54.5 Å². The first kappa shape index (κ1) is 20.2. The second-order valence-corrected chi connectivity index (χ2v) is 11.6. The van der Waals surface area contributed by atoms with Gasteiger partial charge in [0, 0.05) is 17.2 Å². The number of aromatic nitrogens is 3. The van der Waals surface area contributed by atoms with Gasteiger partial charge in [0.2, 0.25) is 0 Å². The summed E-state index contributed by atoms with van der Waals surface area (Å²) in [4.78, 5) is 4.77. The molecule has 0 atom stereocenters. The Balaban J connectivity index is 1.38. The number of fused-ring (bicyclic) bond motifs is 1. The summed E-state index contributed by atoms with van der Waals surface area (Å²) in [6.07, 6.45) is 12.1. The normalized spacial score (nSPS) is 27.9. The maximum atomic E-state index is 10.1. The third-order valence-corrected chi connectivity index (χ3v) is 9.32. The first-order valence-electron chi connectivity index (χ1n) is 12.3. The van der Waals surface area contributed by atoms with Crippen LogP contribution in [0.4, 0.5) is 0 Å². The van der Waals surface area contributed by atoms with Gasteiger partial charge in [-0.25, -0.2) is 9.67 Å². The van der Waals surface area contributed by atoms with Crippen LogP contribution in [0.25, 0.3) is 27.6 Å². The van der Waals surface area contributed by atoms with Gasteiger partial charge in [-0.3, -0.25) is 0 Å². The van der Waals surface area contributed by atoms with Crippen molar-refractivity contribution in [2.24, 2.45) is 17.8 Å². The average Bonchev–Trinajstić information content (AvgIpc) is 3.47. The number of hydrogen-bond acceptors (Lipinski definition) is 4. The summed E-state index contributed by atoms with van der Waals surface area (Å²) in [7, 11) is 0. The Morgan fingerprint density at radius 3 is 2.32 bits per heavy atom. The van der Waals surface area contributed by atoms with E-state index in [9.17, 15) is 5.26 Å². The van der Waals surface area contributed by atoms with Crippen molar-refractivity contribution < 1.29 is 0 Å². The summed E-state index contributed by atoms with van der Waals surface area (Å²) < 4.78 is 3.13. The van der Waals surface area contributed by atoms with Gasteiger partial charge in [0.1, 0.15) is 11.1 Å². The van der Waals surface area contributed by atoms with Gasteiger partial charge in [-0.1, -0.05) is 30.3 Å². The molecule has 4 saturated carbocycles. The molecule has 0 unspecified atom stereocenters. The highest BCUT2D eigenvalue weighted by molar-refractivity contribution is 7.19. The molecular formula is C29H26N4S. The number of para-hydroxylation sites is 2. The van der Waals surface area contributed by atoms with Crippen molar-refractivity contribution in [2.75, 3.05) is 0 Å². The zero-order valence-electron chi connectivity index (χ0n) is 19.0. The van der Waals surface area contributed by atoms with Crippen molar-refractivity contribution in [3.05, 3.63) is 77.1 Å². The maximum absolute atomic E-state index is 10.1. The minimum atomic E-state index is 0.148. The summed E-state index contributed by atoms with van der Waals surface area (Å²) >= 11 is 1.59. The van der Waals surface area contributed by atoms with E-state index in [0.29, 0.717) is 5.57 Å². The van der Waals surface area contributed by atoms with Crippen LogP contribution in [0, 0.1) is 29.1 Å². The van der Waals surface area contributed by atoms with Gasteiger partial charge in [-0.2, -0.15) is 10.4 Å². The molecule has 0 N–H and O–H groups in total. The van der Waals surface area contributed by atoms with Crippen LogP contribution < -0.4 is 0 Å². The van der Waals surface area contributed by atoms with Crippen molar-refractivity contribution in [1.82, 2.24) is 14.8 Å². The lowest BCUT2D eigenvalue weighted by Crippen LogP contribution is -2.49. The van der Waals surface area contributed by atoms with E-state index in [4.69, 9.17) is 10.1 Å². The van der Waals surface area contributed by atoms with Crippen molar-refractivity contribution in [1.29, 1.82) is 5.26 Å². The van der Waals surface area contributed by atoms with Gasteiger partial charge in [0.05, 0.1) is 27.2 Å². The van der Waals surface area contributed by atoms with Crippen LogP contribution in [-0.2, 0) is 5.41 Å². The highest BCUT2D eigenvalue weighted by Crippen LogP contribution is 2.61. The summed E-state index contributed by atoms with van der Waals surface area (Å²) in [5.41, 5.74) is 5.07. The molecule has 34 heavy (non-hydrogen) atoms. The quantitative estimate of drug-likeness (QED) is 0.306. The predicted molar refractivity (Wildman–Crippen MR) is 137 cm³/mol. The van der Waals surface area contributed by atoms with Crippen LogP contribution in [-0.4, -0.2) is 14.8 Å². The number of nitriles is 1. The number of nitrogens with zero attached hydrogens (tertiary/aromatic N) is 4. The van der Waals surface area contributed by atoms with Crippen molar-refractivity contribution in [3.8, 4) is 11.8 Å². The molecule has 4 fully saturated rings. The van der Waals surface area contributed by atoms with Gasteiger partial charge in [0.25, 0.3) is 0 Å². The second kappa shape index (κ2) is 7.65. The summed E-state index contributed by atoms with van der Waals surface area (Å²) in [6.45, 7) is 0. The zero-order chi connectivity index (χ0) is 22.7. The third-order valence-electron chi connectivity index (χ3n) is 8.25. The van der Waals surface area contributed by atoms with Crippen LogP contribution in [0.2, 0.25) is 0 Å². The first-order valence-corrected chi connectivity index (χ1v) is 13.1. The summed E-state index contributed by atoms with van der Waals surface area (Å²) in [5, 5.41) is 16.2. The standard InChI is InChI=1S/C29H26N4S/c30-17-22(28-31-25-8-4-5-9-26(25)34-28)13-23-18-33(24-6-2-1-3-7-24)32-27(23)29-14-19-10-20(15-29)12-21(11-19)16-29/h1-9,13,18-21H,10-12,14-16H2/b22-13-. The minimum absolute atomic E-state index is 0.148. The van der Waals surface area contributed by atoms with E-state index in [1.165, 1.54) is 44.2 Å². The number of thiazole rings is 1. The lowest BCUT2D eigenvalue weighted by atomic mass is 9.48. The van der Waals surface area contributed by atoms with E-state index < -0.39 is 0 Å². The fourth-order valence-corrected chi connectivity index (χ4v) is 8.24. The molecule has 0 amide bonds. The van der Waals surface area contributed by atoms with Crippen molar-refractivity contribution in [3.63, 3.8) is 0 Å². The SMILES string of the molecule is N#C/C(=C/c1cn(-c2ccccc2)nc1C12CC3CC(CC(C3)C1)C2)c1nc2ccccc2s1. The molecule has 4 bridgehead atoms. The molecule has 2 aromatic carbocycles. The molecule has 4 nitrogen and oxygen atoms in total. The first-order chi connectivity index (χ1) is 16.7. The van der Waals surface area contributed by atoms with Gasteiger partial charge in [-0.05, 0) is 86.6 Å². The molecule has 4 aliphatic carbocycles. The Morgan fingerprint density at radius 2 is 1.65 bits per heavy atom. The Kier molecular flexibility index (Phi) is 4.54. The molecule has 0 saturated heterocycles. The van der Waals surface area contributed by atoms with E-state index in [-0.39, 0.29) is 5.41 Å². The smallest absolute Gasteiger partial charge is 0.135 e. The van der Waals surface area contributed by atoms with E-state index in [1.54, 1.807) is 11.3 Å². The lowest BCUT2D eigenvalue weighted by molar-refractivity contribution is -0.00742. The van der Waals surface area contributed by atoms with Gasteiger partial charge < -0.3 is 0 Å². The van der Waals surface area contributed by atoms with E-state index in [2.05, 4.69) is 48.7 Å². The molecule has 5 heteroatoms. The van der Waals surface area contributed by atoms with E-state index >= 15 is 0 Å². The molecule has 0 radical (unpaired) electrons. The van der Waals surface area contributed by atoms with Gasteiger partial charge in [0.15, 0.2) is 0 Å². The molecular weight excluding hydrogens is 436 g/mol. The van der Waals surface area contributed by atoms with Crippen LogP contribution >= 0.6 is 11.3 Å². The Hall–Kier alpha value is -3.23. The van der Waals surface area contributed by atoms with Gasteiger partial charge >= 0.3 is 0 Å². The van der Waals surface area contributed by atoms with E-state index in [1.807, 2.05) is 28.9 Å². The highest BCUT2D eigenvalue weighted by Gasteiger charge is 2.53. The minimum Gasteiger partial charge on any atom is -0.240 e. The maximum Gasteiger partial charge on any atom is 0.135 e. The second-order valence-electron chi connectivity index (χ2n) is 10.6. The number of benzene rings is 2. The number of hydrogen-bond donors (Lipinski definition) is 0. The van der Waals surface area contributed by atoms with Crippen LogP contribution in [0.15, 0.2) is 60.8 Å². The average molecular weight is 463 g/mol. The third kappa shape index (κ3) is 3.24. The van der Waals surface area contributed by atoms with Crippen molar-refractivity contribution in [2.45, 2.75) is 43.9 Å². The molecule has 0 aliphatic heterocycles. The molecule has 2 heterocycles. The number of rotatable bonds is 4. The molecule has 168 valence electrons.